The maximum absolute atomic E-state index is 11.0. The first-order valence-corrected chi connectivity index (χ1v) is 5.18. The number of oxime groups is 1. The number of carbonyl (C=O) groups is 1. The number of nitrogens with zero attached hydrogens (tertiary/aromatic N) is 1. The summed E-state index contributed by atoms with van der Waals surface area (Å²) in [5.41, 5.74) is 0.168. The highest BCUT2D eigenvalue weighted by atomic mass is 16.7. The molecule has 17 heavy (non-hydrogen) atoms. The monoisotopic (exact) mass is 235 g/mol. The van der Waals surface area contributed by atoms with Gasteiger partial charge in [0.05, 0.1) is 12.8 Å². The number of hydrogen-bond donors (Lipinski definition) is 1. The summed E-state index contributed by atoms with van der Waals surface area (Å²) >= 11 is 0. The van der Waals surface area contributed by atoms with Crippen molar-refractivity contribution in [3.63, 3.8) is 0 Å². The Morgan fingerprint density at radius 2 is 2.35 bits per heavy atom. The van der Waals surface area contributed by atoms with Gasteiger partial charge in [-0.1, -0.05) is 17.3 Å². The van der Waals surface area contributed by atoms with Crippen molar-refractivity contribution in [3.8, 4) is 5.75 Å². The maximum atomic E-state index is 11.0. The van der Waals surface area contributed by atoms with Gasteiger partial charge >= 0.3 is 5.97 Å². The van der Waals surface area contributed by atoms with E-state index in [1.807, 2.05) is 18.2 Å². The Bertz CT molecular complexity index is 483. The third-order valence-electron chi connectivity index (χ3n) is 2.72. The van der Waals surface area contributed by atoms with Gasteiger partial charge in [-0.15, -0.1) is 0 Å². The molecule has 5 nitrogen and oxygen atoms in total. The fourth-order valence-electron chi connectivity index (χ4n) is 1.61. The van der Waals surface area contributed by atoms with Gasteiger partial charge in [0.15, 0.2) is 0 Å². The molecule has 1 aliphatic heterocycles. The summed E-state index contributed by atoms with van der Waals surface area (Å²) in [5, 5.41) is 12.9. The predicted molar refractivity (Wildman–Crippen MR) is 61.3 cm³/mol. The predicted octanol–water partition coefficient (Wildman–Crippen LogP) is 1.66. The number of benzene rings is 1. The Balaban J connectivity index is 2.23. The molecular weight excluding hydrogens is 222 g/mol. The van der Waals surface area contributed by atoms with Crippen molar-refractivity contribution in [2.75, 3.05) is 7.11 Å². The molecule has 0 aliphatic carbocycles. The summed E-state index contributed by atoms with van der Waals surface area (Å²) in [6.07, 6.45) is 0.246. The van der Waals surface area contributed by atoms with Gasteiger partial charge in [-0.2, -0.15) is 0 Å². The number of carboxylic acid groups (broad SMARTS) is 1. The molecule has 0 bridgehead atoms. The van der Waals surface area contributed by atoms with Crippen molar-refractivity contribution >= 4 is 11.7 Å². The lowest BCUT2D eigenvalue weighted by molar-refractivity contribution is -0.160. The molecule has 1 heterocycles. The maximum Gasteiger partial charge on any atom is 0.351 e. The van der Waals surface area contributed by atoms with Crippen LogP contribution in [0.3, 0.4) is 0 Å². The molecule has 1 aromatic rings. The minimum Gasteiger partial charge on any atom is -0.497 e. The van der Waals surface area contributed by atoms with Crippen molar-refractivity contribution in [3.05, 3.63) is 29.8 Å². The first-order chi connectivity index (χ1) is 8.05. The molecule has 1 atom stereocenters. The topological polar surface area (TPSA) is 68.1 Å². The molecule has 0 fully saturated rings. The minimum atomic E-state index is -1.27. The molecule has 0 spiro atoms. The first-order valence-electron chi connectivity index (χ1n) is 5.18. The number of methoxy groups -OCH3 is 1. The van der Waals surface area contributed by atoms with Gasteiger partial charge in [0.2, 0.25) is 5.60 Å². The zero-order valence-corrected chi connectivity index (χ0v) is 9.64. The second kappa shape index (κ2) is 4.08. The average molecular weight is 235 g/mol. The fraction of sp³-hybridized carbons (Fsp3) is 0.333. The summed E-state index contributed by atoms with van der Waals surface area (Å²) in [5.74, 6) is -0.312. The first kappa shape index (κ1) is 11.4. The van der Waals surface area contributed by atoms with Gasteiger partial charge in [-0.25, -0.2) is 4.79 Å². The third kappa shape index (κ3) is 2.08. The number of rotatable bonds is 3. The van der Waals surface area contributed by atoms with Crippen molar-refractivity contribution < 1.29 is 19.5 Å². The van der Waals surface area contributed by atoms with E-state index in [1.165, 1.54) is 6.92 Å². The van der Waals surface area contributed by atoms with Gasteiger partial charge in [0.1, 0.15) is 5.75 Å². The molecule has 90 valence electrons. The number of hydrogen-bond acceptors (Lipinski definition) is 4. The van der Waals surface area contributed by atoms with E-state index in [9.17, 15) is 4.79 Å². The summed E-state index contributed by atoms with van der Waals surface area (Å²) in [6.45, 7) is 1.51. The van der Waals surface area contributed by atoms with Crippen LogP contribution in [0.1, 0.15) is 18.9 Å². The van der Waals surface area contributed by atoms with E-state index in [0.717, 1.165) is 5.56 Å². The summed E-state index contributed by atoms with van der Waals surface area (Å²) in [6, 6.07) is 7.29. The highest BCUT2D eigenvalue weighted by Crippen LogP contribution is 2.27. The molecule has 1 aromatic carbocycles. The molecule has 0 amide bonds. The van der Waals surface area contributed by atoms with E-state index >= 15 is 0 Å². The van der Waals surface area contributed by atoms with E-state index in [-0.39, 0.29) is 6.42 Å². The molecule has 0 saturated carbocycles. The zero-order valence-electron chi connectivity index (χ0n) is 9.64. The summed E-state index contributed by atoms with van der Waals surface area (Å²) < 4.78 is 5.10. The molecule has 0 saturated heterocycles. The lowest BCUT2D eigenvalue weighted by Crippen LogP contribution is -2.35. The van der Waals surface area contributed by atoms with Crippen LogP contribution < -0.4 is 4.74 Å². The fourth-order valence-corrected chi connectivity index (χ4v) is 1.61. The Hall–Kier alpha value is -2.04. The van der Waals surface area contributed by atoms with E-state index in [4.69, 9.17) is 14.7 Å². The Kier molecular flexibility index (Phi) is 2.75. The zero-order chi connectivity index (χ0) is 12.5. The van der Waals surface area contributed by atoms with E-state index in [1.54, 1.807) is 13.2 Å². The molecule has 0 radical (unpaired) electrons. The van der Waals surface area contributed by atoms with E-state index in [2.05, 4.69) is 5.16 Å². The Morgan fingerprint density at radius 3 is 2.94 bits per heavy atom. The Morgan fingerprint density at radius 1 is 1.59 bits per heavy atom. The number of aliphatic carboxylic acids is 1. The molecule has 0 unspecified atom stereocenters. The largest absolute Gasteiger partial charge is 0.497 e. The normalized spacial score (nSPS) is 22.8. The van der Waals surface area contributed by atoms with Gasteiger partial charge < -0.3 is 14.7 Å². The van der Waals surface area contributed by atoms with Crippen LogP contribution in [0.15, 0.2) is 29.4 Å². The van der Waals surface area contributed by atoms with Crippen LogP contribution >= 0.6 is 0 Å². The van der Waals surface area contributed by atoms with Crippen molar-refractivity contribution in [2.45, 2.75) is 18.9 Å². The molecular formula is C12H13NO4. The van der Waals surface area contributed by atoms with Crippen LogP contribution in [-0.2, 0) is 9.63 Å². The Labute approximate surface area is 98.6 Å². The van der Waals surface area contributed by atoms with Crippen LogP contribution in [0.25, 0.3) is 0 Å². The number of ether oxygens (including phenoxy) is 1. The van der Waals surface area contributed by atoms with Crippen LogP contribution in [-0.4, -0.2) is 29.5 Å². The second-order valence-electron chi connectivity index (χ2n) is 4.07. The lowest BCUT2D eigenvalue weighted by Gasteiger charge is -2.14. The third-order valence-corrected chi connectivity index (χ3v) is 2.72. The quantitative estimate of drug-likeness (QED) is 0.865. The van der Waals surface area contributed by atoms with Crippen LogP contribution in [0, 0.1) is 0 Å². The second-order valence-corrected chi connectivity index (χ2v) is 4.07. The van der Waals surface area contributed by atoms with Gasteiger partial charge in [0.25, 0.3) is 0 Å². The summed E-state index contributed by atoms with van der Waals surface area (Å²) in [4.78, 5) is 16.0. The highest BCUT2D eigenvalue weighted by Gasteiger charge is 2.42. The average Bonchev–Trinajstić information content (AvgIpc) is 2.74. The minimum absolute atomic E-state index is 0.246. The van der Waals surface area contributed by atoms with E-state index in [0.29, 0.717) is 11.5 Å². The molecule has 2 rings (SSSR count). The van der Waals surface area contributed by atoms with Crippen LogP contribution in [0.5, 0.6) is 5.75 Å². The molecule has 5 heteroatoms. The number of carboxylic acids is 1. The van der Waals surface area contributed by atoms with Crippen molar-refractivity contribution in [2.24, 2.45) is 5.16 Å². The standard InChI is InChI=1S/C12H13NO4/c1-12(11(14)15)7-10(13-17-12)8-4-3-5-9(6-8)16-2/h3-6H,7H2,1-2H3,(H,14,15)/t12-/m0/s1. The molecule has 1 aliphatic rings. The SMILES string of the molecule is COc1cccc(C2=NO[C@](C)(C(=O)O)C2)c1. The molecule has 0 aromatic heterocycles. The smallest absolute Gasteiger partial charge is 0.351 e. The van der Waals surface area contributed by atoms with Crippen molar-refractivity contribution in [1.82, 2.24) is 0 Å². The summed E-state index contributed by atoms with van der Waals surface area (Å²) in [7, 11) is 1.58. The molecule has 1 N–H and O–H groups in total. The van der Waals surface area contributed by atoms with E-state index < -0.39 is 11.6 Å². The highest BCUT2D eigenvalue weighted by molar-refractivity contribution is 6.04. The van der Waals surface area contributed by atoms with Crippen LogP contribution in [0.2, 0.25) is 0 Å². The van der Waals surface area contributed by atoms with Gasteiger partial charge in [0, 0.05) is 12.0 Å². The lowest BCUT2D eigenvalue weighted by atomic mass is 9.96. The van der Waals surface area contributed by atoms with Gasteiger partial charge in [-0.05, 0) is 19.1 Å². The van der Waals surface area contributed by atoms with Gasteiger partial charge in [-0.3, -0.25) is 0 Å². The van der Waals surface area contributed by atoms with Crippen LogP contribution in [0.4, 0.5) is 0 Å². The van der Waals surface area contributed by atoms with Crippen molar-refractivity contribution in [1.29, 1.82) is 0 Å².